The topological polar surface area (TPSA) is 86.9 Å². The molecule has 0 saturated heterocycles. The lowest BCUT2D eigenvalue weighted by atomic mass is 10.2. The maximum atomic E-state index is 12.1. The highest BCUT2D eigenvalue weighted by Crippen LogP contribution is 2.19. The minimum atomic E-state index is -3.45. The van der Waals surface area contributed by atoms with Crippen LogP contribution >= 0.6 is 35.3 Å². The Kier molecular flexibility index (Phi) is 8.28. The number of guanidine groups is 1. The van der Waals surface area contributed by atoms with Crippen molar-refractivity contribution in [3.8, 4) is 0 Å². The highest BCUT2D eigenvalue weighted by molar-refractivity contribution is 14.0. The first-order valence-electron chi connectivity index (χ1n) is 8.42. The molecule has 152 valence electrons. The van der Waals surface area contributed by atoms with Crippen LogP contribution in [0.25, 0.3) is 11.0 Å². The van der Waals surface area contributed by atoms with E-state index in [1.807, 2.05) is 42.3 Å². The molecular weight excluding hydrogens is 511 g/mol. The quantitative estimate of drug-likeness (QED) is 0.211. The number of hydrogen-bond acceptors (Lipinski definition) is 5. The van der Waals surface area contributed by atoms with Gasteiger partial charge in [0.2, 0.25) is 10.0 Å². The summed E-state index contributed by atoms with van der Waals surface area (Å²) in [6.45, 7) is 1.23. The molecule has 3 aromatic rings. The second-order valence-electron chi connectivity index (χ2n) is 5.91. The van der Waals surface area contributed by atoms with E-state index in [-0.39, 0.29) is 30.5 Å². The van der Waals surface area contributed by atoms with E-state index in [2.05, 4.69) is 15.0 Å². The van der Waals surface area contributed by atoms with Gasteiger partial charge in [-0.3, -0.25) is 4.99 Å². The van der Waals surface area contributed by atoms with Gasteiger partial charge in [-0.25, -0.2) is 13.1 Å². The van der Waals surface area contributed by atoms with E-state index >= 15 is 0 Å². The molecule has 0 unspecified atom stereocenters. The molecular formula is C18H23IN4O3S2. The van der Waals surface area contributed by atoms with E-state index in [0.717, 1.165) is 16.7 Å². The third-order valence-electron chi connectivity index (χ3n) is 3.90. The fraction of sp³-hybridized carbons (Fsp3) is 0.278. The molecule has 28 heavy (non-hydrogen) atoms. The van der Waals surface area contributed by atoms with E-state index in [9.17, 15) is 8.42 Å². The average Bonchev–Trinajstić information content (AvgIpc) is 3.31. The Morgan fingerprint density at radius 3 is 2.68 bits per heavy atom. The minimum absolute atomic E-state index is 0. The first-order chi connectivity index (χ1) is 13.0. The van der Waals surface area contributed by atoms with Crippen molar-refractivity contribution in [1.82, 2.24) is 14.9 Å². The number of para-hydroxylation sites is 1. The van der Waals surface area contributed by atoms with E-state index in [4.69, 9.17) is 4.42 Å². The molecule has 0 fully saturated rings. The molecule has 0 aliphatic carbocycles. The number of hydrogen-bond donors (Lipinski definition) is 2. The summed E-state index contributed by atoms with van der Waals surface area (Å²) in [5, 5.41) is 5.95. The lowest BCUT2D eigenvalue weighted by Crippen LogP contribution is -2.42. The van der Waals surface area contributed by atoms with Gasteiger partial charge in [-0.2, -0.15) is 0 Å². The van der Waals surface area contributed by atoms with Crippen LogP contribution < -0.4 is 10.0 Å². The van der Waals surface area contributed by atoms with Gasteiger partial charge in [-0.1, -0.05) is 24.3 Å². The first-order valence-corrected chi connectivity index (χ1v) is 10.8. The second kappa shape index (κ2) is 10.2. The van der Waals surface area contributed by atoms with Gasteiger partial charge in [0, 0.05) is 32.6 Å². The largest absolute Gasteiger partial charge is 0.459 e. The summed E-state index contributed by atoms with van der Waals surface area (Å²) in [7, 11) is 0.144. The molecule has 2 aromatic heterocycles. The Morgan fingerprint density at radius 2 is 2.00 bits per heavy atom. The zero-order valence-corrected chi connectivity index (χ0v) is 19.5. The zero-order chi connectivity index (χ0) is 19.3. The van der Waals surface area contributed by atoms with Crippen LogP contribution in [0.3, 0.4) is 0 Å². The van der Waals surface area contributed by atoms with Gasteiger partial charge in [-0.15, -0.1) is 35.3 Å². The number of benzene rings is 1. The number of rotatable bonds is 7. The van der Waals surface area contributed by atoms with Gasteiger partial charge < -0.3 is 14.6 Å². The SMILES string of the molecule is CN=C(NCCNS(=O)(=O)c1cccs1)N(C)Cc1cc2ccccc2o1.I. The maximum absolute atomic E-state index is 12.1. The Morgan fingerprint density at radius 1 is 1.21 bits per heavy atom. The molecule has 1 aromatic carbocycles. The summed E-state index contributed by atoms with van der Waals surface area (Å²) in [5.74, 6) is 1.49. The number of thiophene rings is 1. The molecule has 0 aliphatic rings. The lowest BCUT2D eigenvalue weighted by molar-refractivity contribution is 0.413. The Bertz CT molecular complexity index is 984. The van der Waals surface area contributed by atoms with Crippen LogP contribution in [0.1, 0.15) is 5.76 Å². The Hall–Kier alpha value is -1.63. The summed E-state index contributed by atoms with van der Waals surface area (Å²) < 4.78 is 32.9. The number of sulfonamides is 1. The summed E-state index contributed by atoms with van der Waals surface area (Å²) >= 11 is 1.19. The minimum Gasteiger partial charge on any atom is -0.459 e. The molecule has 7 nitrogen and oxygen atoms in total. The monoisotopic (exact) mass is 534 g/mol. The third kappa shape index (κ3) is 5.69. The molecule has 3 rings (SSSR count). The van der Waals surface area contributed by atoms with Gasteiger partial charge in [0.15, 0.2) is 5.96 Å². The molecule has 0 bridgehead atoms. The predicted molar refractivity (Wildman–Crippen MR) is 124 cm³/mol. The van der Waals surface area contributed by atoms with Gasteiger partial charge >= 0.3 is 0 Å². The molecule has 0 atom stereocenters. The van der Waals surface area contributed by atoms with Crippen LogP contribution in [0.5, 0.6) is 0 Å². The molecule has 0 radical (unpaired) electrons. The molecule has 10 heteroatoms. The Balaban J connectivity index is 0.00000280. The average molecular weight is 534 g/mol. The number of furan rings is 1. The third-order valence-corrected chi connectivity index (χ3v) is 6.76. The van der Waals surface area contributed by atoms with E-state index in [1.54, 1.807) is 24.6 Å². The summed E-state index contributed by atoms with van der Waals surface area (Å²) in [6.07, 6.45) is 0. The summed E-state index contributed by atoms with van der Waals surface area (Å²) in [5.41, 5.74) is 0.854. The zero-order valence-electron chi connectivity index (χ0n) is 15.6. The van der Waals surface area contributed by atoms with Crippen LogP contribution in [0, 0.1) is 0 Å². The van der Waals surface area contributed by atoms with Crippen LogP contribution in [-0.2, 0) is 16.6 Å². The highest BCUT2D eigenvalue weighted by Gasteiger charge is 2.14. The van der Waals surface area contributed by atoms with Crippen molar-refractivity contribution in [2.45, 2.75) is 10.8 Å². The van der Waals surface area contributed by atoms with E-state index in [0.29, 0.717) is 23.3 Å². The number of halogens is 1. The second-order valence-corrected chi connectivity index (χ2v) is 8.85. The van der Waals surface area contributed by atoms with Gasteiger partial charge in [0.25, 0.3) is 0 Å². The van der Waals surface area contributed by atoms with Crippen molar-refractivity contribution < 1.29 is 12.8 Å². The summed E-state index contributed by atoms with van der Waals surface area (Å²) in [4.78, 5) is 6.16. The van der Waals surface area contributed by atoms with E-state index < -0.39 is 10.0 Å². The van der Waals surface area contributed by atoms with Crippen molar-refractivity contribution >= 4 is 62.3 Å². The lowest BCUT2D eigenvalue weighted by Gasteiger charge is -2.21. The van der Waals surface area contributed by atoms with Crippen LogP contribution in [0.4, 0.5) is 0 Å². The Labute approximate surface area is 185 Å². The van der Waals surface area contributed by atoms with Crippen molar-refractivity contribution in [3.05, 3.63) is 53.6 Å². The fourth-order valence-corrected chi connectivity index (χ4v) is 4.72. The van der Waals surface area contributed by atoms with Gasteiger partial charge in [0.05, 0.1) is 6.54 Å². The van der Waals surface area contributed by atoms with Crippen molar-refractivity contribution in [3.63, 3.8) is 0 Å². The smallest absolute Gasteiger partial charge is 0.250 e. The molecule has 0 saturated carbocycles. The molecule has 0 spiro atoms. The number of nitrogens with zero attached hydrogens (tertiary/aromatic N) is 2. The maximum Gasteiger partial charge on any atom is 0.250 e. The van der Waals surface area contributed by atoms with Crippen LogP contribution in [0.15, 0.2) is 61.5 Å². The van der Waals surface area contributed by atoms with Gasteiger partial charge in [-0.05, 0) is 23.6 Å². The summed E-state index contributed by atoms with van der Waals surface area (Å²) in [6, 6.07) is 13.2. The molecule has 0 amide bonds. The van der Waals surface area contributed by atoms with Crippen LogP contribution in [-0.4, -0.2) is 46.5 Å². The molecule has 2 N–H and O–H groups in total. The number of aliphatic imine (C=N–C) groups is 1. The van der Waals surface area contributed by atoms with Crippen molar-refractivity contribution in [2.75, 3.05) is 27.2 Å². The number of nitrogens with one attached hydrogen (secondary N) is 2. The van der Waals surface area contributed by atoms with E-state index in [1.165, 1.54) is 11.3 Å². The fourth-order valence-electron chi connectivity index (χ4n) is 2.66. The number of fused-ring (bicyclic) bond motifs is 1. The molecule has 0 aliphatic heterocycles. The van der Waals surface area contributed by atoms with Crippen molar-refractivity contribution in [2.24, 2.45) is 4.99 Å². The highest BCUT2D eigenvalue weighted by atomic mass is 127. The van der Waals surface area contributed by atoms with Crippen molar-refractivity contribution in [1.29, 1.82) is 0 Å². The normalized spacial score (nSPS) is 12.0. The first kappa shape index (κ1) is 22.7. The standard InChI is InChI=1S/C18H22N4O3S2.HI/c1-19-18(20-9-10-21-27(23,24)17-8-5-11-26-17)22(2)13-15-12-14-6-3-4-7-16(14)25-15;/h3-8,11-12,21H,9-10,13H2,1-2H3,(H,19,20);1H. The molecule has 2 heterocycles. The van der Waals surface area contributed by atoms with Gasteiger partial charge in [0.1, 0.15) is 15.6 Å². The predicted octanol–water partition coefficient (Wildman–Crippen LogP) is 3.10. The van der Waals surface area contributed by atoms with Crippen LogP contribution in [0.2, 0.25) is 0 Å².